The van der Waals surface area contributed by atoms with Gasteiger partial charge in [-0.2, -0.15) is 0 Å². The third kappa shape index (κ3) is 3.22. The van der Waals surface area contributed by atoms with E-state index in [1.807, 2.05) is 18.3 Å². The van der Waals surface area contributed by atoms with Crippen LogP contribution in [0.25, 0.3) is 10.6 Å². The summed E-state index contributed by atoms with van der Waals surface area (Å²) in [6.45, 7) is 2.78. The van der Waals surface area contributed by atoms with Crippen LogP contribution in [0.4, 0.5) is 0 Å². The SMILES string of the molecule is Cc1ccsc1-c1cn(C[C@@H](CO)Cc2ccco2)nn1. The highest BCUT2D eigenvalue weighted by atomic mass is 32.1. The first-order valence-corrected chi connectivity index (χ1v) is 7.72. The number of hydrogen-bond donors (Lipinski definition) is 1. The minimum atomic E-state index is 0.0649. The maximum absolute atomic E-state index is 9.52. The van der Waals surface area contributed by atoms with Crippen LogP contribution >= 0.6 is 11.3 Å². The lowest BCUT2D eigenvalue weighted by atomic mass is 10.1. The molecule has 21 heavy (non-hydrogen) atoms. The Kier molecular flexibility index (Phi) is 4.17. The van der Waals surface area contributed by atoms with Crippen LogP contribution in [0.1, 0.15) is 11.3 Å². The summed E-state index contributed by atoms with van der Waals surface area (Å²) in [6, 6.07) is 5.85. The van der Waals surface area contributed by atoms with Gasteiger partial charge in [-0.1, -0.05) is 5.21 Å². The second kappa shape index (κ2) is 6.24. The van der Waals surface area contributed by atoms with Crippen LogP contribution in [-0.4, -0.2) is 26.7 Å². The molecular formula is C15H17N3O2S. The molecule has 0 aromatic carbocycles. The molecule has 0 bridgehead atoms. The standard InChI is InChI=1S/C15H17N3O2S/c1-11-4-6-21-15(11)14-9-18(17-16-14)8-12(10-19)7-13-3-2-5-20-13/h2-6,9,12,19H,7-8,10H2,1H3/t12-/m0/s1. The smallest absolute Gasteiger partial charge is 0.123 e. The van der Waals surface area contributed by atoms with Gasteiger partial charge in [-0.15, -0.1) is 16.4 Å². The van der Waals surface area contributed by atoms with Gasteiger partial charge in [-0.25, -0.2) is 0 Å². The topological polar surface area (TPSA) is 64.1 Å². The van der Waals surface area contributed by atoms with Gasteiger partial charge in [0.2, 0.25) is 0 Å². The molecule has 6 heteroatoms. The lowest BCUT2D eigenvalue weighted by Gasteiger charge is -2.11. The van der Waals surface area contributed by atoms with Gasteiger partial charge in [0.25, 0.3) is 0 Å². The van der Waals surface area contributed by atoms with Crippen molar-refractivity contribution in [2.45, 2.75) is 19.9 Å². The van der Waals surface area contributed by atoms with E-state index in [1.165, 1.54) is 5.56 Å². The fourth-order valence-corrected chi connectivity index (χ4v) is 3.17. The molecule has 0 aliphatic rings. The Hall–Kier alpha value is -1.92. The zero-order chi connectivity index (χ0) is 14.7. The van der Waals surface area contributed by atoms with Crippen LogP contribution in [0.5, 0.6) is 0 Å². The van der Waals surface area contributed by atoms with Gasteiger partial charge in [0.15, 0.2) is 0 Å². The van der Waals surface area contributed by atoms with E-state index in [9.17, 15) is 5.11 Å². The molecule has 3 aromatic rings. The second-order valence-electron chi connectivity index (χ2n) is 5.09. The average molecular weight is 303 g/mol. The molecule has 3 aromatic heterocycles. The van der Waals surface area contributed by atoms with Crippen molar-refractivity contribution in [3.8, 4) is 10.6 Å². The molecular weight excluding hydrogens is 286 g/mol. The highest BCUT2D eigenvalue weighted by Crippen LogP contribution is 2.26. The maximum atomic E-state index is 9.52. The molecule has 0 spiro atoms. The van der Waals surface area contributed by atoms with E-state index in [0.717, 1.165) is 16.3 Å². The van der Waals surface area contributed by atoms with E-state index in [0.29, 0.717) is 13.0 Å². The average Bonchev–Trinajstić information content (AvgIpc) is 3.19. The highest BCUT2D eigenvalue weighted by Gasteiger charge is 2.14. The summed E-state index contributed by atoms with van der Waals surface area (Å²) in [6.07, 6.45) is 4.28. The van der Waals surface area contributed by atoms with Crippen LogP contribution in [-0.2, 0) is 13.0 Å². The first-order valence-electron chi connectivity index (χ1n) is 6.84. The van der Waals surface area contributed by atoms with Crippen molar-refractivity contribution >= 4 is 11.3 Å². The Bertz CT molecular complexity index is 687. The number of furan rings is 1. The van der Waals surface area contributed by atoms with Gasteiger partial charge in [0, 0.05) is 25.5 Å². The molecule has 1 N–H and O–H groups in total. The molecule has 0 unspecified atom stereocenters. The minimum absolute atomic E-state index is 0.0649. The zero-order valence-corrected chi connectivity index (χ0v) is 12.6. The molecule has 5 nitrogen and oxygen atoms in total. The Morgan fingerprint density at radius 3 is 3.00 bits per heavy atom. The summed E-state index contributed by atoms with van der Waals surface area (Å²) in [4.78, 5) is 1.15. The summed E-state index contributed by atoms with van der Waals surface area (Å²) in [5, 5.41) is 20.0. The normalized spacial score (nSPS) is 12.7. The van der Waals surface area contributed by atoms with Crippen molar-refractivity contribution in [3.63, 3.8) is 0 Å². The second-order valence-corrected chi connectivity index (χ2v) is 6.01. The Labute approximate surface area is 126 Å². The number of thiophene rings is 1. The van der Waals surface area contributed by atoms with Crippen molar-refractivity contribution in [2.24, 2.45) is 5.92 Å². The van der Waals surface area contributed by atoms with Crippen LogP contribution in [0, 0.1) is 12.8 Å². The first kappa shape index (κ1) is 14.0. The zero-order valence-electron chi connectivity index (χ0n) is 11.8. The molecule has 110 valence electrons. The van der Waals surface area contributed by atoms with Crippen molar-refractivity contribution in [1.82, 2.24) is 15.0 Å². The van der Waals surface area contributed by atoms with E-state index in [1.54, 1.807) is 22.3 Å². The van der Waals surface area contributed by atoms with E-state index in [2.05, 4.69) is 28.7 Å². The van der Waals surface area contributed by atoms with Crippen molar-refractivity contribution in [3.05, 3.63) is 47.4 Å². The molecule has 1 atom stereocenters. The molecule has 0 amide bonds. The number of hydrogen-bond acceptors (Lipinski definition) is 5. The largest absolute Gasteiger partial charge is 0.469 e. The van der Waals surface area contributed by atoms with Crippen molar-refractivity contribution < 1.29 is 9.52 Å². The van der Waals surface area contributed by atoms with Gasteiger partial charge in [0.05, 0.1) is 17.3 Å². The predicted octanol–water partition coefficient (Wildman–Crippen LogP) is 2.76. The number of aliphatic hydroxyl groups excluding tert-OH is 1. The van der Waals surface area contributed by atoms with Crippen molar-refractivity contribution in [1.29, 1.82) is 0 Å². The molecule has 3 heterocycles. The van der Waals surface area contributed by atoms with E-state index < -0.39 is 0 Å². The molecule has 0 saturated carbocycles. The van der Waals surface area contributed by atoms with E-state index in [4.69, 9.17) is 4.42 Å². The molecule has 3 rings (SSSR count). The van der Waals surface area contributed by atoms with Crippen LogP contribution in [0.2, 0.25) is 0 Å². The van der Waals surface area contributed by atoms with Gasteiger partial charge in [-0.05, 0) is 36.1 Å². The third-order valence-corrected chi connectivity index (χ3v) is 4.45. The Morgan fingerprint density at radius 2 is 2.33 bits per heavy atom. The van der Waals surface area contributed by atoms with Crippen LogP contribution in [0.3, 0.4) is 0 Å². The lowest BCUT2D eigenvalue weighted by Crippen LogP contribution is -2.17. The monoisotopic (exact) mass is 303 g/mol. The number of aryl methyl sites for hydroxylation is 1. The number of rotatable bonds is 6. The number of nitrogens with zero attached hydrogens (tertiary/aromatic N) is 3. The first-order chi connectivity index (χ1) is 10.3. The number of aliphatic hydroxyl groups is 1. The Morgan fingerprint density at radius 1 is 1.43 bits per heavy atom. The van der Waals surface area contributed by atoms with Gasteiger partial charge >= 0.3 is 0 Å². The predicted molar refractivity (Wildman–Crippen MR) is 81.1 cm³/mol. The molecule has 0 saturated heterocycles. The van der Waals surface area contributed by atoms with Crippen molar-refractivity contribution in [2.75, 3.05) is 6.61 Å². The summed E-state index contributed by atoms with van der Waals surface area (Å²) >= 11 is 1.66. The van der Waals surface area contributed by atoms with E-state index >= 15 is 0 Å². The summed E-state index contributed by atoms with van der Waals surface area (Å²) < 4.78 is 7.12. The molecule has 0 aliphatic heterocycles. The quantitative estimate of drug-likeness (QED) is 0.760. The van der Waals surface area contributed by atoms with E-state index in [-0.39, 0.29) is 12.5 Å². The third-order valence-electron chi connectivity index (χ3n) is 3.41. The minimum Gasteiger partial charge on any atom is -0.469 e. The molecule has 0 fully saturated rings. The van der Waals surface area contributed by atoms with Gasteiger partial charge in [-0.3, -0.25) is 4.68 Å². The molecule has 0 radical (unpaired) electrons. The molecule has 0 aliphatic carbocycles. The lowest BCUT2D eigenvalue weighted by molar-refractivity contribution is 0.199. The highest BCUT2D eigenvalue weighted by molar-refractivity contribution is 7.13. The summed E-state index contributed by atoms with van der Waals surface area (Å²) in [5.41, 5.74) is 2.10. The van der Waals surface area contributed by atoms with Gasteiger partial charge < -0.3 is 9.52 Å². The summed E-state index contributed by atoms with van der Waals surface area (Å²) in [7, 11) is 0. The van der Waals surface area contributed by atoms with Crippen LogP contribution < -0.4 is 0 Å². The fraction of sp³-hybridized carbons (Fsp3) is 0.333. The number of aromatic nitrogens is 3. The van der Waals surface area contributed by atoms with Gasteiger partial charge in [0.1, 0.15) is 11.5 Å². The fourth-order valence-electron chi connectivity index (χ4n) is 2.29. The summed E-state index contributed by atoms with van der Waals surface area (Å²) in [5.74, 6) is 0.943. The Balaban J connectivity index is 1.70. The van der Waals surface area contributed by atoms with Crippen LogP contribution in [0.15, 0.2) is 40.5 Å². The maximum Gasteiger partial charge on any atom is 0.123 e.